The van der Waals surface area contributed by atoms with Crippen LogP contribution in [0.3, 0.4) is 0 Å². The number of aromatic nitrogens is 7. The van der Waals surface area contributed by atoms with Crippen LogP contribution >= 0.6 is 11.6 Å². The van der Waals surface area contributed by atoms with Gasteiger partial charge in [-0.15, -0.1) is 0 Å². The molecule has 0 radical (unpaired) electrons. The molecular weight excluding hydrogens is 458 g/mol. The number of nitrogens with zero attached hydrogens (tertiary/aromatic N) is 6. The van der Waals surface area contributed by atoms with Crippen LogP contribution in [0.25, 0.3) is 22.7 Å². The van der Waals surface area contributed by atoms with Gasteiger partial charge in [0.05, 0.1) is 6.54 Å². The second kappa shape index (κ2) is 9.44. The third-order valence-electron chi connectivity index (χ3n) is 5.40. The van der Waals surface area contributed by atoms with Crippen LogP contribution in [0.2, 0.25) is 5.28 Å². The molecule has 0 saturated carbocycles. The summed E-state index contributed by atoms with van der Waals surface area (Å²) >= 11 is 6.02. The number of aromatic amines is 1. The number of benzene rings is 1. The molecule has 0 unspecified atom stereocenters. The number of halogens is 1. The molecule has 0 saturated heterocycles. The lowest BCUT2D eigenvalue weighted by Crippen LogP contribution is -2.40. The summed E-state index contributed by atoms with van der Waals surface area (Å²) < 4.78 is 7.98. The topological polar surface area (TPSA) is 124 Å². The van der Waals surface area contributed by atoms with Gasteiger partial charge in [-0.25, -0.2) is 4.79 Å². The van der Waals surface area contributed by atoms with Crippen molar-refractivity contribution in [3.63, 3.8) is 0 Å². The molecular formula is C23H20ClN7O3. The number of rotatable bonds is 8. The van der Waals surface area contributed by atoms with Crippen LogP contribution < -0.4 is 11.2 Å². The van der Waals surface area contributed by atoms with Gasteiger partial charge < -0.3 is 9.51 Å². The zero-order valence-corrected chi connectivity index (χ0v) is 18.8. The van der Waals surface area contributed by atoms with Gasteiger partial charge in [-0.2, -0.15) is 9.97 Å². The molecule has 11 heteroatoms. The maximum Gasteiger partial charge on any atom is 0.333 e. The zero-order chi connectivity index (χ0) is 23.5. The van der Waals surface area contributed by atoms with E-state index in [1.54, 1.807) is 12.3 Å². The molecule has 1 N–H and O–H groups in total. The lowest BCUT2D eigenvalue weighted by Gasteiger charge is -2.11. The van der Waals surface area contributed by atoms with Crippen molar-refractivity contribution in [1.29, 1.82) is 0 Å². The number of unbranched alkanes of at least 4 members (excludes halogenated alkanes) is 1. The van der Waals surface area contributed by atoms with Crippen molar-refractivity contribution in [2.24, 2.45) is 0 Å². The van der Waals surface area contributed by atoms with Crippen molar-refractivity contribution in [3.05, 3.63) is 92.3 Å². The summed E-state index contributed by atoms with van der Waals surface area (Å²) in [6.45, 7) is 0.510. The van der Waals surface area contributed by atoms with E-state index in [2.05, 4.69) is 25.1 Å². The Balaban J connectivity index is 1.33. The summed E-state index contributed by atoms with van der Waals surface area (Å²) in [6.07, 6.45) is 3.40. The first kappa shape index (κ1) is 21.8. The maximum absolute atomic E-state index is 13.2. The van der Waals surface area contributed by atoms with E-state index in [4.69, 9.17) is 16.1 Å². The van der Waals surface area contributed by atoms with Crippen LogP contribution in [-0.4, -0.2) is 34.2 Å². The van der Waals surface area contributed by atoms with Crippen LogP contribution in [-0.2, 0) is 19.5 Å². The molecule has 0 bridgehead atoms. The van der Waals surface area contributed by atoms with Crippen LogP contribution in [0.4, 0.5) is 0 Å². The smallest absolute Gasteiger partial charge is 0.333 e. The zero-order valence-electron chi connectivity index (χ0n) is 18.0. The Kier molecular flexibility index (Phi) is 6.05. The minimum absolute atomic E-state index is 0.0613. The average molecular weight is 478 g/mol. The molecule has 0 spiro atoms. The maximum atomic E-state index is 13.2. The number of fused-ring (bicyclic) bond motifs is 1. The lowest BCUT2D eigenvalue weighted by molar-refractivity contribution is 0.372. The fraction of sp³-hybridized carbons (Fsp3) is 0.217. The van der Waals surface area contributed by atoms with Gasteiger partial charge in [0.25, 0.3) is 5.56 Å². The van der Waals surface area contributed by atoms with Crippen molar-refractivity contribution in [2.45, 2.75) is 32.4 Å². The Bertz CT molecular complexity index is 1540. The number of pyridine rings is 1. The van der Waals surface area contributed by atoms with E-state index in [1.807, 2.05) is 42.5 Å². The van der Waals surface area contributed by atoms with E-state index < -0.39 is 11.2 Å². The molecule has 34 heavy (non-hydrogen) atoms. The fourth-order valence-corrected chi connectivity index (χ4v) is 3.92. The van der Waals surface area contributed by atoms with Gasteiger partial charge in [-0.05, 0) is 42.1 Å². The highest BCUT2D eigenvalue weighted by atomic mass is 35.5. The molecule has 0 aliphatic carbocycles. The van der Waals surface area contributed by atoms with E-state index in [0.29, 0.717) is 36.7 Å². The Morgan fingerprint density at radius 3 is 2.59 bits per heavy atom. The summed E-state index contributed by atoms with van der Waals surface area (Å²) in [4.78, 5) is 41.7. The van der Waals surface area contributed by atoms with E-state index in [9.17, 15) is 9.59 Å². The van der Waals surface area contributed by atoms with Crippen LogP contribution in [0.5, 0.6) is 0 Å². The van der Waals surface area contributed by atoms with E-state index >= 15 is 0 Å². The van der Waals surface area contributed by atoms with E-state index in [0.717, 1.165) is 5.56 Å². The average Bonchev–Trinajstić information content (AvgIpc) is 3.49. The van der Waals surface area contributed by atoms with Gasteiger partial charge in [0.1, 0.15) is 5.69 Å². The van der Waals surface area contributed by atoms with Gasteiger partial charge in [-0.3, -0.25) is 18.9 Å². The van der Waals surface area contributed by atoms with Gasteiger partial charge >= 0.3 is 5.69 Å². The highest BCUT2D eigenvalue weighted by Crippen LogP contribution is 2.14. The third kappa shape index (κ3) is 4.40. The Morgan fingerprint density at radius 1 is 0.971 bits per heavy atom. The highest BCUT2D eigenvalue weighted by molar-refractivity contribution is 6.28. The molecule has 1 aromatic carbocycles. The molecule has 10 nitrogen and oxygen atoms in total. The summed E-state index contributed by atoms with van der Waals surface area (Å²) in [5.41, 5.74) is 1.12. The van der Waals surface area contributed by atoms with Crippen molar-refractivity contribution < 1.29 is 4.52 Å². The van der Waals surface area contributed by atoms with E-state index in [-0.39, 0.29) is 29.5 Å². The molecule has 0 atom stereocenters. The summed E-state index contributed by atoms with van der Waals surface area (Å²) in [5, 5.41) is 4.02. The fourth-order valence-electron chi connectivity index (χ4n) is 3.75. The SMILES string of the molecule is O=c1c2[nH]c(Cl)nc2n(Cc2ccccc2)c(=O)n1CCCCc1nc(-c2ccccn2)no1. The van der Waals surface area contributed by atoms with Crippen molar-refractivity contribution in [2.75, 3.05) is 0 Å². The first-order chi connectivity index (χ1) is 16.6. The normalized spacial score (nSPS) is 11.3. The molecule has 172 valence electrons. The Labute approximate surface area is 197 Å². The van der Waals surface area contributed by atoms with Crippen molar-refractivity contribution >= 4 is 22.8 Å². The molecule has 0 amide bonds. The van der Waals surface area contributed by atoms with Gasteiger partial charge in [0.2, 0.25) is 17.0 Å². The number of imidazole rings is 1. The monoisotopic (exact) mass is 477 g/mol. The number of aryl methyl sites for hydroxylation is 1. The highest BCUT2D eigenvalue weighted by Gasteiger charge is 2.17. The molecule has 5 rings (SSSR count). The Hall–Kier alpha value is -4.05. The third-order valence-corrected chi connectivity index (χ3v) is 5.58. The Morgan fingerprint density at radius 2 is 1.79 bits per heavy atom. The summed E-state index contributed by atoms with van der Waals surface area (Å²) in [5.74, 6) is 0.905. The standard InChI is InChI=1S/C23H20ClN7O3/c24-22-27-18-20(28-22)31(14-15-8-2-1-3-9-15)23(33)30(21(18)32)13-7-5-11-17-26-19(29-34-17)16-10-4-6-12-25-16/h1-4,6,8-10,12H,5,7,11,13-14H2,(H,27,28). The molecule has 0 aliphatic rings. The van der Waals surface area contributed by atoms with Gasteiger partial charge in [0, 0.05) is 19.2 Å². The molecule has 0 aliphatic heterocycles. The molecule has 4 heterocycles. The van der Waals surface area contributed by atoms with Crippen LogP contribution in [0.15, 0.2) is 68.8 Å². The number of H-pyrrole nitrogens is 1. The quantitative estimate of drug-likeness (QED) is 0.269. The van der Waals surface area contributed by atoms with Gasteiger partial charge in [-0.1, -0.05) is 41.6 Å². The number of hydrogen-bond acceptors (Lipinski definition) is 7. The second-order valence-electron chi connectivity index (χ2n) is 7.72. The summed E-state index contributed by atoms with van der Waals surface area (Å²) in [7, 11) is 0. The molecule has 0 fully saturated rings. The largest absolute Gasteiger partial charge is 0.339 e. The van der Waals surface area contributed by atoms with Crippen molar-refractivity contribution in [3.8, 4) is 11.5 Å². The second-order valence-corrected chi connectivity index (χ2v) is 8.08. The minimum Gasteiger partial charge on any atom is -0.339 e. The first-order valence-corrected chi connectivity index (χ1v) is 11.1. The molecule has 5 aromatic rings. The predicted molar refractivity (Wildman–Crippen MR) is 126 cm³/mol. The number of hydrogen-bond donors (Lipinski definition) is 1. The first-order valence-electron chi connectivity index (χ1n) is 10.8. The lowest BCUT2D eigenvalue weighted by atomic mass is 10.2. The van der Waals surface area contributed by atoms with Gasteiger partial charge in [0.15, 0.2) is 11.2 Å². The predicted octanol–water partition coefficient (Wildman–Crippen LogP) is 3.06. The summed E-state index contributed by atoms with van der Waals surface area (Å²) in [6, 6.07) is 15.0. The molecule has 4 aromatic heterocycles. The van der Waals surface area contributed by atoms with Crippen LogP contribution in [0.1, 0.15) is 24.3 Å². The minimum atomic E-state index is -0.445. The van der Waals surface area contributed by atoms with Crippen molar-refractivity contribution in [1.82, 2.24) is 34.2 Å². The van der Waals surface area contributed by atoms with E-state index in [1.165, 1.54) is 9.13 Å². The number of nitrogens with one attached hydrogen (secondary N) is 1. The van der Waals surface area contributed by atoms with Crippen LogP contribution in [0, 0.1) is 0 Å².